The molecule has 136 valence electrons. The zero-order valence-corrected chi connectivity index (χ0v) is 19.1. The third kappa shape index (κ3) is 21.8. The Kier molecular flexibility index (Phi) is 28.2. The molecule has 0 atom stereocenters. The van der Waals surface area contributed by atoms with Crippen LogP contribution in [0.1, 0.15) is 31.6 Å². The molecule has 9 heteroatoms. The van der Waals surface area contributed by atoms with E-state index in [0.717, 1.165) is 15.4 Å². The fourth-order valence-electron chi connectivity index (χ4n) is 0.815. The van der Waals surface area contributed by atoms with Gasteiger partial charge in [0.15, 0.2) is 6.29 Å². The number of nitrogens with zero attached hydrogens (tertiary/aromatic N) is 2. The summed E-state index contributed by atoms with van der Waals surface area (Å²) in [6, 6.07) is 6.32. The van der Waals surface area contributed by atoms with E-state index in [4.69, 9.17) is 1.37 Å². The molecule has 2 aromatic rings. The van der Waals surface area contributed by atoms with Crippen LogP contribution in [-0.4, -0.2) is 46.5 Å². The minimum Gasteiger partial charge on any atom is -1.00 e. The van der Waals surface area contributed by atoms with E-state index < -0.39 is 13.1 Å². The molecule has 0 spiro atoms. The van der Waals surface area contributed by atoms with Crippen molar-refractivity contribution in [1.82, 2.24) is 9.97 Å². The second-order valence-corrected chi connectivity index (χ2v) is 5.50. The van der Waals surface area contributed by atoms with Crippen molar-refractivity contribution in [3.8, 4) is 0 Å². The number of hydrogen-bond acceptors (Lipinski definition) is 3. The first-order valence-corrected chi connectivity index (χ1v) is 8.01. The van der Waals surface area contributed by atoms with Gasteiger partial charge in [0, 0.05) is 21.3 Å². The van der Waals surface area contributed by atoms with Crippen LogP contribution in [0.4, 0.5) is 8.78 Å². The van der Waals surface area contributed by atoms with E-state index in [0.29, 0.717) is 12.0 Å². The standard InChI is InChI=1S/C6H4BrNO.C5H3BrFN.C4H9.CH3F.ClH.Mg/c7-5-1-2-6(4-9)8-3-5;6-4-1-2-5(7)8-3-4;1-3-4-2;1-2;;/h1-4H;1-3H;1,3-4H2,2H3;1H3;1H;/q;;-1;;;+2/p-1/i;;;1D;;. The summed E-state index contributed by atoms with van der Waals surface area (Å²) >= 11 is 6.31. The van der Waals surface area contributed by atoms with Crippen molar-refractivity contribution in [1.29, 1.82) is 0 Å². The molecule has 0 aliphatic heterocycles. The van der Waals surface area contributed by atoms with Crippen molar-refractivity contribution in [2.45, 2.75) is 19.8 Å². The van der Waals surface area contributed by atoms with Gasteiger partial charge in [0.25, 0.3) is 0 Å². The molecular weight excluding hydrogens is 494 g/mol. The third-order valence-electron chi connectivity index (χ3n) is 1.92. The molecule has 2 heterocycles. The van der Waals surface area contributed by atoms with Gasteiger partial charge in [-0.1, -0.05) is 13.3 Å². The van der Waals surface area contributed by atoms with Crippen molar-refractivity contribution in [2.24, 2.45) is 0 Å². The predicted molar refractivity (Wildman–Crippen MR) is 102 cm³/mol. The second kappa shape index (κ2) is 23.8. The van der Waals surface area contributed by atoms with Crippen molar-refractivity contribution in [3.05, 3.63) is 64.2 Å². The van der Waals surface area contributed by atoms with Gasteiger partial charge in [-0.15, -0.1) is 0 Å². The van der Waals surface area contributed by atoms with Crippen LogP contribution in [0.3, 0.4) is 0 Å². The van der Waals surface area contributed by atoms with Gasteiger partial charge in [0.2, 0.25) is 5.95 Å². The van der Waals surface area contributed by atoms with Crippen molar-refractivity contribution in [2.75, 3.05) is 7.15 Å². The Morgan fingerprint density at radius 1 is 1.20 bits per heavy atom. The Morgan fingerprint density at radius 3 is 1.88 bits per heavy atom. The van der Waals surface area contributed by atoms with Crippen LogP contribution < -0.4 is 12.4 Å². The van der Waals surface area contributed by atoms with E-state index in [-0.39, 0.29) is 35.5 Å². The summed E-state index contributed by atoms with van der Waals surface area (Å²) in [5.74, 6) is -0.451. The maximum absolute atomic E-state index is 12.0. The largest absolute Gasteiger partial charge is 2.00 e. The summed E-state index contributed by atoms with van der Waals surface area (Å²) in [5, 5.41) is 0. The zero-order chi connectivity index (χ0) is 18.8. The van der Waals surface area contributed by atoms with Crippen molar-refractivity contribution in [3.63, 3.8) is 0 Å². The molecule has 25 heavy (non-hydrogen) atoms. The molecule has 0 saturated heterocycles. The molecule has 0 aliphatic carbocycles. The first kappa shape index (κ1) is 29.6. The molecule has 0 aliphatic rings. The number of carbonyl (C=O) groups excluding carboxylic acids is 1. The minimum absolute atomic E-state index is 0. The fraction of sp³-hybridized carbons (Fsp3) is 0.250. The van der Waals surface area contributed by atoms with Gasteiger partial charge >= 0.3 is 23.1 Å². The zero-order valence-electron chi connectivity index (χ0n) is 14.8. The Balaban J connectivity index is -0.000000132. The third-order valence-corrected chi connectivity index (χ3v) is 2.85. The van der Waals surface area contributed by atoms with Gasteiger partial charge < -0.3 is 19.3 Å². The Hall–Kier alpha value is -0.154. The predicted octanol–water partition coefficient (Wildman–Crippen LogP) is 2.47. The van der Waals surface area contributed by atoms with Gasteiger partial charge in [-0.25, -0.2) is 4.98 Å². The number of halogens is 5. The van der Waals surface area contributed by atoms with Crippen LogP contribution in [-0.2, 0) is 0 Å². The average molecular weight is 514 g/mol. The summed E-state index contributed by atoms with van der Waals surface area (Å²) in [4.78, 5) is 17.2. The van der Waals surface area contributed by atoms with Crippen LogP contribution >= 0.6 is 31.9 Å². The number of carbonyl (C=O) groups is 1. The quantitative estimate of drug-likeness (QED) is 0.268. The van der Waals surface area contributed by atoms with Crippen LogP contribution in [0.25, 0.3) is 0 Å². The van der Waals surface area contributed by atoms with Gasteiger partial charge in [-0.05, 0) is 56.1 Å². The molecule has 0 unspecified atom stereocenters. The molecule has 2 aromatic heterocycles. The van der Waals surface area contributed by atoms with E-state index in [1.807, 2.05) is 0 Å². The van der Waals surface area contributed by atoms with Crippen LogP contribution in [0.5, 0.6) is 0 Å². The van der Waals surface area contributed by atoms with E-state index in [9.17, 15) is 13.6 Å². The molecule has 0 N–H and O–H groups in total. The maximum atomic E-state index is 12.0. The molecular formula is C16H19Br2ClF2MgN2O. The number of rotatable bonds is 2. The topological polar surface area (TPSA) is 42.9 Å². The van der Waals surface area contributed by atoms with Crippen molar-refractivity contribution >= 4 is 61.2 Å². The van der Waals surface area contributed by atoms with E-state index >= 15 is 0 Å². The molecule has 0 amide bonds. The molecule has 0 saturated carbocycles. The summed E-state index contributed by atoms with van der Waals surface area (Å²) in [6.07, 6.45) is 5.99. The number of hydrogen-bond donors (Lipinski definition) is 0. The van der Waals surface area contributed by atoms with Gasteiger partial charge in [-0.3, -0.25) is 14.2 Å². The molecule has 2 rings (SSSR count). The van der Waals surface area contributed by atoms with Gasteiger partial charge in [0.1, 0.15) is 5.69 Å². The van der Waals surface area contributed by atoms with Crippen LogP contribution in [0.15, 0.2) is 45.6 Å². The SMILES string of the molecule is Fc1ccc(Br)cn1.O=Cc1ccc(Br)cn1.[2H]CF.[CH2-]CCC.[Cl-].[Mg+2]. The summed E-state index contributed by atoms with van der Waals surface area (Å²) in [6.45, 7) is 5.72. The Morgan fingerprint density at radius 2 is 1.64 bits per heavy atom. The van der Waals surface area contributed by atoms with Gasteiger partial charge in [0.05, 0.1) is 8.52 Å². The Bertz CT molecular complexity index is 518. The first-order chi connectivity index (χ1) is 11.4. The van der Waals surface area contributed by atoms with Gasteiger partial charge in [-0.2, -0.15) is 10.8 Å². The molecule has 0 radical (unpaired) electrons. The maximum Gasteiger partial charge on any atom is 2.00 e. The number of pyridine rings is 2. The summed E-state index contributed by atoms with van der Waals surface area (Å²) in [5.41, 5.74) is 0.457. The average Bonchev–Trinajstić information content (AvgIpc) is 2.60. The van der Waals surface area contributed by atoms with E-state index in [1.54, 1.807) is 24.4 Å². The number of alkyl halides is 1. The summed E-state index contributed by atoms with van der Waals surface area (Å²) < 4.78 is 29.1. The Labute approximate surface area is 188 Å². The monoisotopic (exact) mass is 511 g/mol. The normalized spacial score (nSPS) is 8.16. The number of aromatic nitrogens is 2. The summed E-state index contributed by atoms with van der Waals surface area (Å²) in [7, 11) is -1.00. The molecule has 0 fully saturated rings. The minimum atomic E-state index is -1.00. The fourth-order valence-corrected chi connectivity index (χ4v) is 1.28. The van der Waals surface area contributed by atoms with Crippen LogP contribution in [0, 0.1) is 12.9 Å². The smallest absolute Gasteiger partial charge is 1.00 e. The first-order valence-electron chi connectivity index (χ1n) is 7.14. The van der Waals surface area contributed by atoms with E-state index in [2.05, 4.69) is 55.7 Å². The number of unbranched alkanes of at least 4 members (excludes halogenated alkanes) is 1. The van der Waals surface area contributed by atoms with Crippen LogP contribution in [0.2, 0.25) is 0 Å². The second-order valence-electron chi connectivity index (χ2n) is 3.67. The molecule has 3 nitrogen and oxygen atoms in total. The number of aldehydes is 1. The molecule has 0 aromatic carbocycles. The molecule has 0 bridgehead atoms. The van der Waals surface area contributed by atoms with Crippen molar-refractivity contribution < 1.29 is 27.4 Å². The van der Waals surface area contributed by atoms with E-state index in [1.165, 1.54) is 18.7 Å².